The molecule has 0 aromatic carbocycles. The molecule has 31 heavy (non-hydrogen) atoms. The molecule has 3 aromatic rings. The normalized spacial score (nSPS) is 17.8. The standard InChI is InChI=1S/C24H28N6O/c31-23(16-3-1-2-4-16)11-20-9-17-10-21(28-13-18(17)12-27-20)22-14-26-15-24(30-22)29-19-5-7-25-8-6-19/h9-10,12-16,19,25H,1-8,11H2,(H,29,30). The van der Waals surface area contributed by atoms with Crippen molar-refractivity contribution in [2.45, 2.75) is 51.0 Å². The summed E-state index contributed by atoms with van der Waals surface area (Å²) < 4.78 is 0. The Morgan fingerprint density at radius 2 is 1.74 bits per heavy atom. The van der Waals surface area contributed by atoms with E-state index in [1.165, 1.54) is 12.8 Å². The van der Waals surface area contributed by atoms with Crippen LogP contribution in [0.25, 0.3) is 22.2 Å². The number of rotatable bonds is 6. The number of carbonyl (C=O) groups excluding carboxylic acids is 1. The van der Waals surface area contributed by atoms with Crippen LogP contribution in [0.15, 0.2) is 36.9 Å². The molecule has 3 aromatic heterocycles. The minimum absolute atomic E-state index is 0.218. The van der Waals surface area contributed by atoms with Crippen molar-refractivity contribution in [1.29, 1.82) is 0 Å². The van der Waals surface area contributed by atoms with Gasteiger partial charge in [-0.3, -0.25) is 19.7 Å². The summed E-state index contributed by atoms with van der Waals surface area (Å²) in [4.78, 5) is 30.7. The van der Waals surface area contributed by atoms with Crippen molar-refractivity contribution in [3.63, 3.8) is 0 Å². The molecule has 1 aliphatic carbocycles. The molecule has 2 N–H and O–H groups in total. The van der Waals surface area contributed by atoms with E-state index in [4.69, 9.17) is 4.98 Å². The summed E-state index contributed by atoms with van der Waals surface area (Å²) in [5.41, 5.74) is 2.34. The van der Waals surface area contributed by atoms with E-state index >= 15 is 0 Å². The number of nitrogens with one attached hydrogen (secondary N) is 2. The first kappa shape index (κ1) is 20.0. The molecule has 2 aliphatic rings. The molecular weight excluding hydrogens is 388 g/mol. The number of carbonyl (C=O) groups is 1. The Morgan fingerprint density at radius 1 is 0.935 bits per heavy atom. The number of hydrogen-bond donors (Lipinski definition) is 2. The van der Waals surface area contributed by atoms with E-state index in [0.29, 0.717) is 18.2 Å². The van der Waals surface area contributed by atoms with Crippen LogP contribution in [0.1, 0.15) is 44.2 Å². The van der Waals surface area contributed by atoms with Crippen LogP contribution < -0.4 is 10.6 Å². The lowest BCUT2D eigenvalue weighted by atomic mass is 9.98. The van der Waals surface area contributed by atoms with Crippen molar-refractivity contribution in [3.05, 3.63) is 42.6 Å². The molecule has 5 rings (SSSR count). The molecule has 7 heteroatoms. The van der Waals surface area contributed by atoms with Crippen LogP contribution in [0.3, 0.4) is 0 Å². The first-order valence-corrected chi connectivity index (χ1v) is 11.3. The van der Waals surface area contributed by atoms with Gasteiger partial charge in [-0.15, -0.1) is 0 Å². The maximum Gasteiger partial charge on any atom is 0.145 e. The number of pyridine rings is 2. The highest BCUT2D eigenvalue weighted by atomic mass is 16.1. The molecule has 1 saturated heterocycles. The van der Waals surface area contributed by atoms with Crippen LogP contribution >= 0.6 is 0 Å². The third-order valence-electron chi connectivity index (χ3n) is 6.41. The number of fused-ring (bicyclic) bond motifs is 1. The maximum absolute atomic E-state index is 12.6. The zero-order valence-electron chi connectivity index (χ0n) is 17.7. The van der Waals surface area contributed by atoms with Gasteiger partial charge < -0.3 is 10.6 Å². The lowest BCUT2D eigenvalue weighted by Gasteiger charge is -2.24. The van der Waals surface area contributed by atoms with Gasteiger partial charge in [-0.05, 0) is 56.3 Å². The molecule has 1 aliphatic heterocycles. The van der Waals surface area contributed by atoms with E-state index in [0.717, 1.165) is 72.4 Å². The quantitative estimate of drug-likeness (QED) is 0.635. The van der Waals surface area contributed by atoms with Gasteiger partial charge in [-0.1, -0.05) is 12.8 Å². The largest absolute Gasteiger partial charge is 0.366 e. The third-order valence-corrected chi connectivity index (χ3v) is 6.41. The molecule has 4 heterocycles. The van der Waals surface area contributed by atoms with Crippen LogP contribution in [-0.4, -0.2) is 44.9 Å². The first-order chi connectivity index (χ1) is 15.2. The maximum atomic E-state index is 12.6. The molecule has 0 radical (unpaired) electrons. The Labute approximate surface area is 182 Å². The highest BCUT2D eigenvalue weighted by Crippen LogP contribution is 2.27. The molecular formula is C24H28N6O. The van der Waals surface area contributed by atoms with Crippen molar-refractivity contribution >= 4 is 22.4 Å². The summed E-state index contributed by atoms with van der Waals surface area (Å²) in [6.45, 7) is 2.05. The second kappa shape index (κ2) is 9.06. The Hall–Kier alpha value is -2.93. The van der Waals surface area contributed by atoms with E-state index in [1.54, 1.807) is 12.4 Å². The fourth-order valence-corrected chi connectivity index (χ4v) is 4.63. The van der Waals surface area contributed by atoms with Crippen molar-refractivity contribution in [2.75, 3.05) is 18.4 Å². The van der Waals surface area contributed by atoms with E-state index in [2.05, 4.69) is 25.6 Å². The SMILES string of the molecule is O=C(Cc1cc2cc(-c3cncc(NC4CCNCC4)n3)ncc2cn1)C1CCCC1. The zero-order valence-corrected chi connectivity index (χ0v) is 17.7. The van der Waals surface area contributed by atoms with Gasteiger partial charge in [0.1, 0.15) is 17.3 Å². The minimum Gasteiger partial charge on any atom is -0.366 e. The summed E-state index contributed by atoms with van der Waals surface area (Å²) in [5, 5.41) is 8.85. The number of ketones is 1. The fraction of sp³-hybridized carbons (Fsp3) is 0.458. The van der Waals surface area contributed by atoms with Gasteiger partial charge >= 0.3 is 0 Å². The van der Waals surface area contributed by atoms with Crippen LogP contribution in [0.2, 0.25) is 0 Å². The molecule has 7 nitrogen and oxygen atoms in total. The summed E-state index contributed by atoms with van der Waals surface area (Å²) in [6.07, 6.45) is 14.1. The van der Waals surface area contributed by atoms with Crippen molar-refractivity contribution in [2.24, 2.45) is 5.92 Å². The molecule has 0 unspecified atom stereocenters. The van der Waals surface area contributed by atoms with E-state index in [9.17, 15) is 4.79 Å². The summed E-state index contributed by atoms with van der Waals surface area (Å²) >= 11 is 0. The topological polar surface area (TPSA) is 92.7 Å². The van der Waals surface area contributed by atoms with E-state index < -0.39 is 0 Å². The van der Waals surface area contributed by atoms with Gasteiger partial charge in [0.05, 0.1) is 18.1 Å². The smallest absolute Gasteiger partial charge is 0.145 e. The number of aromatic nitrogens is 4. The molecule has 0 amide bonds. The molecule has 160 valence electrons. The lowest BCUT2D eigenvalue weighted by Crippen LogP contribution is -2.35. The molecule has 0 spiro atoms. The van der Waals surface area contributed by atoms with Crippen LogP contribution in [-0.2, 0) is 11.2 Å². The van der Waals surface area contributed by atoms with Gasteiger partial charge in [-0.25, -0.2) is 4.98 Å². The summed E-state index contributed by atoms with van der Waals surface area (Å²) in [5.74, 6) is 1.32. The fourth-order valence-electron chi connectivity index (χ4n) is 4.63. The van der Waals surface area contributed by atoms with E-state index in [1.807, 2.05) is 24.5 Å². The number of Topliss-reactive ketones (excluding diaryl/α,β-unsaturated/α-hetero) is 1. The van der Waals surface area contributed by atoms with Gasteiger partial charge in [0.25, 0.3) is 0 Å². The number of nitrogens with zero attached hydrogens (tertiary/aromatic N) is 4. The number of piperidine rings is 1. The Balaban J connectivity index is 1.36. The van der Waals surface area contributed by atoms with Gasteiger partial charge in [0.15, 0.2) is 0 Å². The van der Waals surface area contributed by atoms with Gasteiger partial charge in [-0.2, -0.15) is 0 Å². The Bertz CT molecular complexity index is 1070. The van der Waals surface area contributed by atoms with Crippen LogP contribution in [0.4, 0.5) is 5.82 Å². The summed E-state index contributed by atoms with van der Waals surface area (Å²) in [6, 6.07) is 4.44. The highest BCUT2D eigenvalue weighted by molar-refractivity contribution is 5.87. The minimum atomic E-state index is 0.218. The first-order valence-electron chi connectivity index (χ1n) is 11.3. The second-order valence-corrected chi connectivity index (χ2v) is 8.67. The van der Waals surface area contributed by atoms with Crippen LogP contribution in [0.5, 0.6) is 0 Å². The highest BCUT2D eigenvalue weighted by Gasteiger charge is 2.23. The average molecular weight is 417 g/mol. The second-order valence-electron chi connectivity index (χ2n) is 8.67. The average Bonchev–Trinajstić information content (AvgIpc) is 3.35. The van der Waals surface area contributed by atoms with Crippen molar-refractivity contribution in [3.8, 4) is 11.4 Å². The molecule has 2 fully saturated rings. The number of hydrogen-bond acceptors (Lipinski definition) is 7. The predicted molar refractivity (Wildman–Crippen MR) is 121 cm³/mol. The van der Waals surface area contributed by atoms with Crippen LogP contribution in [0, 0.1) is 5.92 Å². The predicted octanol–water partition coefficient (Wildman–Crippen LogP) is 3.55. The summed E-state index contributed by atoms with van der Waals surface area (Å²) in [7, 11) is 0. The number of anilines is 1. The van der Waals surface area contributed by atoms with Gasteiger partial charge in [0, 0.05) is 41.9 Å². The van der Waals surface area contributed by atoms with Gasteiger partial charge in [0.2, 0.25) is 0 Å². The van der Waals surface area contributed by atoms with Crippen molar-refractivity contribution < 1.29 is 4.79 Å². The van der Waals surface area contributed by atoms with E-state index in [-0.39, 0.29) is 5.92 Å². The molecule has 0 atom stereocenters. The molecule has 1 saturated carbocycles. The Morgan fingerprint density at radius 3 is 2.58 bits per heavy atom. The lowest BCUT2D eigenvalue weighted by molar-refractivity contribution is -0.122. The monoisotopic (exact) mass is 416 g/mol. The third kappa shape index (κ3) is 4.71. The Kier molecular flexibility index (Phi) is 5.84. The zero-order chi connectivity index (χ0) is 21.0. The molecule has 0 bridgehead atoms. The van der Waals surface area contributed by atoms with Crippen molar-refractivity contribution in [1.82, 2.24) is 25.3 Å².